The number of carbonyl (C=O) groups excluding carboxylic acids is 1. The van der Waals surface area contributed by atoms with Gasteiger partial charge in [-0.15, -0.1) is 0 Å². The molecule has 1 aliphatic heterocycles. The van der Waals surface area contributed by atoms with Crippen LogP contribution in [0.5, 0.6) is 11.5 Å². The average Bonchev–Trinajstić information content (AvgIpc) is 2.76. The highest BCUT2D eigenvalue weighted by Crippen LogP contribution is 2.31. The molecular weight excluding hydrogens is 428 g/mol. The smallest absolute Gasteiger partial charge is 0.269 e. The van der Waals surface area contributed by atoms with Gasteiger partial charge in [-0.3, -0.25) is 9.52 Å². The maximum Gasteiger partial charge on any atom is 0.269 e. The monoisotopic (exact) mass is 452 g/mol. The zero-order chi connectivity index (χ0) is 22.9. The number of aryl methyl sites for hydroxylation is 3. The van der Waals surface area contributed by atoms with Gasteiger partial charge in [0.25, 0.3) is 15.9 Å². The van der Waals surface area contributed by atoms with Crippen LogP contribution >= 0.6 is 0 Å². The van der Waals surface area contributed by atoms with Crippen molar-refractivity contribution in [3.8, 4) is 11.5 Å². The van der Waals surface area contributed by atoms with E-state index >= 15 is 0 Å². The van der Waals surface area contributed by atoms with Crippen LogP contribution in [0.4, 0.5) is 11.4 Å². The van der Waals surface area contributed by atoms with E-state index in [0.717, 1.165) is 11.1 Å². The second-order valence-corrected chi connectivity index (χ2v) is 9.41. The van der Waals surface area contributed by atoms with E-state index in [-0.39, 0.29) is 11.5 Å². The zero-order valence-electron chi connectivity index (χ0n) is 18.0. The molecule has 7 nitrogen and oxygen atoms in total. The van der Waals surface area contributed by atoms with Crippen molar-refractivity contribution in [1.29, 1.82) is 0 Å². The van der Waals surface area contributed by atoms with Gasteiger partial charge < -0.3 is 14.8 Å². The van der Waals surface area contributed by atoms with Crippen LogP contribution in [0.15, 0.2) is 65.6 Å². The van der Waals surface area contributed by atoms with Crippen LogP contribution in [0.25, 0.3) is 0 Å². The van der Waals surface area contributed by atoms with Crippen molar-refractivity contribution in [3.63, 3.8) is 0 Å². The maximum atomic E-state index is 13.1. The summed E-state index contributed by atoms with van der Waals surface area (Å²) in [4.78, 5) is 12.8. The van der Waals surface area contributed by atoms with E-state index in [4.69, 9.17) is 9.47 Å². The van der Waals surface area contributed by atoms with Crippen LogP contribution < -0.4 is 19.5 Å². The normalized spacial score (nSPS) is 15.2. The van der Waals surface area contributed by atoms with Crippen molar-refractivity contribution in [2.24, 2.45) is 0 Å². The van der Waals surface area contributed by atoms with Crippen molar-refractivity contribution < 1.29 is 22.7 Å². The number of hydrogen-bond donors (Lipinski definition) is 2. The SMILES string of the molecule is Cc1ccc(NS(=O)(=O)c2cc(NC(=O)[C@@H]3COc4ccccc4O3)ccc2C)c(C)c1. The van der Waals surface area contributed by atoms with Gasteiger partial charge in [0.05, 0.1) is 10.6 Å². The fraction of sp³-hybridized carbons (Fsp3) is 0.208. The van der Waals surface area contributed by atoms with Gasteiger partial charge in [-0.05, 0) is 62.2 Å². The zero-order valence-corrected chi connectivity index (χ0v) is 18.8. The third-order valence-corrected chi connectivity index (χ3v) is 6.68. The molecule has 0 unspecified atom stereocenters. The largest absolute Gasteiger partial charge is 0.485 e. The molecule has 0 radical (unpaired) electrons. The molecular formula is C24H24N2O5S. The van der Waals surface area contributed by atoms with Crippen molar-refractivity contribution in [2.75, 3.05) is 16.6 Å². The van der Waals surface area contributed by atoms with Gasteiger partial charge in [-0.2, -0.15) is 0 Å². The molecule has 3 aromatic carbocycles. The molecule has 0 saturated heterocycles. The predicted molar refractivity (Wildman–Crippen MR) is 123 cm³/mol. The highest BCUT2D eigenvalue weighted by Gasteiger charge is 2.28. The van der Waals surface area contributed by atoms with E-state index in [9.17, 15) is 13.2 Å². The first-order valence-corrected chi connectivity index (χ1v) is 11.6. The molecule has 32 heavy (non-hydrogen) atoms. The lowest BCUT2D eigenvalue weighted by Gasteiger charge is -2.25. The number of amides is 1. The number of hydrogen-bond acceptors (Lipinski definition) is 5. The number of ether oxygens (including phenoxy) is 2. The first-order chi connectivity index (χ1) is 15.2. The number of rotatable bonds is 5. The number of anilines is 2. The van der Waals surface area contributed by atoms with Gasteiger partial charge in [0.2, 0.25) is 6.10 Å². The Hall–Kier alpha value is -3.52. The fourth-order valence-electron chi connectivity index (χ4n) is 3.47. The number of carbonyl (C=O) groups is 1. The lowest BCUT2D eigenvalue weighted by molar-refractivity contribution is -0.125. The average molecular weight is 453 g/mol. The number of benzene rings is 3. The number of para-hydroxylation sites is 2. The molecule has 0 saturated carbocycles. The molecule has 0 aliphatic carbocycles. The topological polar surface area (TPSA) is 93.7 Å². The molecule has 166 valence electrons. The van der Waals surface area contributed by atoms with Gasteiger partial charge in [0, 0.05) is 5.69 Å². The van der Waals surface area contributed by atoms with Gasteiger partial charge in [-0.1, -0.05) is 35.9 Å². The Morgan fingerprint density at radius 1 is 0.938 bits per heavy atom. The van der Waals surface area contributed by atoms with E-state index in [0.29, 0.717) is 28.4 Å². The lowest BCUT2D eigenvalue weighted by atomic mass is 10.1. The summed E-state index contributed by atoms with van der Waals surface area (Å²) in [5, 5.41) is 2.73. The quantitative estimate of drug-likeness (QED) is 0.605. The lowest BCUT2D eigenvalue weighted by Crippen LogP contribution is -2.40. The molecule has 8 heteroatoms. The van der Waals surface area contributed by atoms with E-state index in [1.54, 1.807) is 43.3 Å². The Balaban J connectivity index is 1.53. The molecule has 0 spiro atoms. The van der Waals surface area contributed by atoms with Crippen molar-refractivity contribution in [1.82, 2.24) is 0 Å². The maximum absolute atomic E-state index is 13.1. The summed E-state index contributed by atoms with van der Waals surface area (Å²) in [5.74, 6) is 0.649. The highest BCUT2D eigenvalue weighted by molar-refractivity contribution is 7.92. The van der Waals surface area contributed by atoms with E-state index in [2.05, 4.69) is 10.0 Å². The molecule has 1 heterocycles. The molecule has 3 aromatic rings. The van der Waals surface area contributed by atoms with Crippen LogP contribution in [0, 0.1) is 20.8 Å². The molecule has 1 aliphatic rings. The first-order valence-electron chi connectivity index (χ1n) is 10.1. The Labute approximate surface area is 187 Å². The first kappa shape index (κ1) is 21.7. The summed E-state index contributed by atoms with van der Waals surface area (Å²) in [6, 6.07) is 17.3. The number of sulfonamides is 1. The summed E-state index contributed by atoms with van der Waals surface area (Å²) in [6.07, 6.45) is -0.848. The van der Waals surface area contributed by atoms with E-state index in [1.807, 2.05) is 32.0 Å². The molecule has 1 atom stereocenters. The van der Waals surface area contributed by atoms with Crippen LogP contribution in [0.2, 0.25) is 0 Å². The second-order valence-electron chi connectivity index (χ2n) is 7.76. The Kier molecular flexibility index (Phi) is 5.80. The van der Waals surface area contributed by atoms with Gasteiger partial charge in [0.15, 0.2) is 11.5 Å². The van der Waals surface area contributed by atoms with Crippen LogP contribution in [-0.4, -0.2) is 27.0 Å². The second kappa shape index (κ2) is 8.55. The summed E-state index contributed by atoms with van der Waals surface area (Å²) >= 11 is 0. The Bertz CT molecular complexity index is 1290. The summed E-state index contributed by atoms with van der Waals surface area (Å²) in [5.41, 5.74) is 3.29. The summed E-state index contributed by atoms with van der Waals surface area (Å²) < 4.78 is 40.1. The molecule has 0 fully saturated rings. The van der Waals surface area contributed by atoms with Crippen LogP contribution in [0.3, 0.4) is 0 Å². The Morgan fingerprint density at radius 3 is 2.44 bits per heavy atom. The highest BCUT2D eigenvalue weighted by atomic mass is 32.2. The standard InChI is InChI=1S/C24H24N2O5S/c1-15-8-11-19(17(3)12-15)26-32(28,29)23-13-18(10-9-16(23)2)25-24(27)22-14-30-20-6-4-5-7-21(20)31-22/h4-13,22,26H,14H2,1-3H3,(H,25,27)/t22-/m0/s1. The van der Waals surface area contributed by atoms with Gasteiger partial charge in [-0.25, -0.2) is 8.42 Å². The van der Waals surface area contributed by atoms with E-state index < -0.39 is 22.0 Å². The van der Waals surface area contributed by atoms with Crippen LogP contribution in [-0.2, 0) is 14.8 Å². The molecule has 0 bridgehead atoms. The fourth-order valence-corrected chi connectivity index (χ4v) is 4.87. The molecule has 1 amide bonds. The Morgan fingerprint density at radius 2 is 1.69 bits per heavy atom. The molecule has 2 N–H and O–H groups in total. The van der Waals surface area contributed by atoms with Crippen molar-refractivity contribution >= 4 is 27.3 Å². The third-order valence-electron chi connectivity index (χ3n) is 5.17. The minimum Gasteiger partial charge on any atom is -0.485 e. The van der Waals surface area contributed by atoms with Gasteiger partial charge >= 0.3 is 0 Å². The van der Waals surface area contributed by atoms with Gasteiger partial charge in [0.1, 0.15) is 6.61 Å². The molecule has 4 rings (SSSR count). The minimum absolute atomic E-state index is 0.0636. The number of fused-ring (bicyclic) bond motifs is 1. The van der Waals surface area contributed by atoms with Crippen molar-refractivity contribution in [2.45, 2.75) is 31.8 Å². The van der Waals surface area contributed by atoms with Crippen molar-refractivity contribution in [3.05, 3.63) is 77.4 Å². The van der Waals surface area contributed by atoms with Crippen LogP contribution in [0.1, 0.15) is 16.7 Å². The van der Waals surface area contributed by atoms with E-state index in [1.165, 1.54) is 6.07 Å². The third kappa shape index (κ3) is 4.55. The summed E-state index contributed by atoms with van der Waals surface area (Å²) in [7, 11) is -3.86. The minimum atomic E-state index is -3.86. The predicted octanol–water partition coefficient (Wildman–Crippen LogP) is 4.19. The molecule has 0 aromatic heterocycles. The summed E-state index contributed by atoms with van der Waals surface area (Å²) in [6.45, 7) is 5.56. The number of nitrogens with one attached hydrogen (secondary N) is 2.